The van der Waals surface area contributed by atoms with Gasteiger partial charge in [-0.1, -0.05) is 24.6 Å². The van der Waals surface area contributed by atoms with Crippen molar-refractivity contribution in [3.05, 3.63) is 0 Å². The van der Waals surface area contributed by atoms with Crippen LogP contribution >= 0.6 is 11.8 Å². The molecule has 9 heteroatoms. The topological polar surface area (TPSA) is 82.1 Å². The van der Waals surface area contributed by atoms with E-state index in [1.165, 1.54) is 41.6 Å². The number of amidine groups is 1. The van der Waals surface area contributed by atoms with Gasteiger partial charge in [0, 0.05) is 26.2 Å². The first-order chi connectivity index (χ1) is 10.9. The van der Waals surface area contributed by atoms with Crippen LogP contribution in [-0.4, -0.2) is 79.0 Å². The molecular formula is C14H24N4O3S2. The van der Waals surface area contributed by atoms with Gasteiger partial charge in [-0.05, 0) is 12.8 Å². The number of thioether (sulfide) groups is 1. The lowest BCUT2D eigenvalue weighted by molar-refractivity contribution is -0.129. The zero-order valence-corrected chi connectivity index (χ0v) is 15.0. The molecule has 2 atom stereocenters. The van der Waals surface area contributed by atoms with Gasteiger partial charge >= 0.3 is 0 Å². The van der Waals surface area contributed by atoms with Crippen LogP contribution in [0.1, 0.15) is 25.7 Å². The smallest absolute Gasteiger partial charge is 0.233 e. The second-order valence-corrected chi connectivity index (χ2v) is 9.31. The van der Waals surface area contributed by atoms with Gasteiger partial charge in [0.2, 0.25) is 15.9 Å². The zero-order valence-electron chi connectivity index (χ0n) is 13.4. The van der Waals surface area contributed by atoms with Crippen LogP contribution < -0.4 is 5.32 Å². The number of hydrogen-bond acceptors (Lipinski definition) is 6. The molecule has 0 aromatic heterocycles. The van der Waals surface area contributed by atoms with Gasteiger partial charge in [-0.3, -0.25) is 9.79 Å². The highest BCUT2D eigenvalue weighted by Crippen LogP contribution is 2.27. The Labute approximate surface area is 141 Å². The van der Waals surface area contributed by atoms with Gasteiger partial charge in [-0.2, -0.15) is 4.31 Å². The molecule has 2 heterocycles. The fourth-order valence-corrected chi connectivity index (χ4v) is 5.06. The number of carbonyl (C=O) groups excluding carboxylic acids is 1. The maximum Gasteiger partial charge on any atom is 0.233 e. The van der Waals surface area contributed by atoms with E-state index < -0.39 is 10.0 Å². The van der Waals surface area contributed by atoms with Crippen LogP contribution in [0.3, 0.4) is 0 Å². The molecule has 2 fully saturated rings. The van der Waals surface area contributed by atoms with Crippen molar-refractivity contribution in [3.8, 4) is 0 Å². The minimum Gasteiger partial charge on any atom is -0.360 e. The third kappa shape index (κ3) is 4.19. The first-order valence-electron chi connectivity index (χ1n) is 8.13. The summed E-state index contributed by atoms with van der Waals surface area (Å²) in [6.45, 7) is 1.71. The number of hydrogen-bond donors (Lipinski definition) is 1. The van der Waals surface area contributed by atoms with Crippen LogP contribution in [0.2, 0.25) is 0 Å². The number of carbonyl (C=O) groups is 1. The van der Waals surface area contributed by atoms with E-state index in [0.29, 0.717) is 44.0 Å². The van der Waals surface area contributed by atoms with Gasteiger partial charge in [0.05, 0.1) is 24.1 Å². The van der Waals surface area contributed by atoms with Gasteiger partial charge in [-0.25, -0.2) is 8.42 Å². The van der Waals surface area contributed by atoms with Gasteiger partial charge in [-0.15, -0.1) is 0 Å². The second kappa shape index (κ2) is 6.98. The van der Waals surface area contributed by atoms with Crippen molar-refractivity contribution in [2.24, 2.45) is 4.99 Å². The number of piperazine rings is 1. The SMILES string of the molecule is CS(=O)(=O)N1CCN(C(=O)CSC2=N[C@H]3CCCC[C@H]3N2)CC1. The molecule has 0 aromatic rings. The Morgan fingerprint density at radius 3 is 2.61 bits per heavy atom. The molecule has 1 saturated heterocycles. The van der Waals surface area contributed by atoms with Crippen LogP contribution in [0.25, 0.3) is 0 Å². The molecule has 0 radical (unpaired) electrons. The number of sulfonamides is 1. The predicted octanol–water partition coefficient (Wildman–Crippen LogP) is 0.0938. The van der Waals surface area contributed by atoms with Crippen molar-refractivity contribution in [1.82, 2.24) is 14.5 Å². The van der Waals surface area contributed by atoms with E-state index in [1.54, 1.807) is 4.90 Å². The Kier molecular flexibility index (Phi) is 5.17. The summed E-state index contributed by atoms with van der Waals surface area (Å²) in [7, 11) is -3.15. The van der Waals surface area contributed by atoms with Crippen molar-refractivity contribution in [2.75, 3.05) is 38.2 Å². The molecule has 23 heavy (non-hydrogen) atoms. The van der Waals surface area contributed by atoms with Crippen molar-refractivity contribution in [1.29, 1.82) is 0 Å². The lowest BCUT2D eigenvalue weighted by atomic mass is 9.92. The maximum atomic E-state index is 12.3. The number of rotatable bonds is 3. The van der Waals surface area contributed by atoms with Gasteiger partial charge in [0.1, 0.15) is 0 Å². The van der Waals surface area contributed by atoms with Crippen molar-refractivity contribution < 1.29 is 13.2 Å². The Bertz CT molecular complexity index is 585. The van der Waals surface area contributed by atoms with Gasteiger partial charge < -0.3 is 10.2 Å². The Balaban J connectivity index is 1.44. The summed E-state index contributed by atoms with van der Waals surface area (Å²) in [6, 6.07) is 0.847. The lowest BCUT2D eigenvalue weighted by Gasteiger charge is -2.33. The minimum absolute atomic E-state index is 0.0579. The van der Waals surface area contributed by atoms with E-state index in [-0.39, 0.29) is 5.91 Å². The standard InChI is InChI=1S/C14H24N4O3S2/c1-23(20,21)18-8-6-17(7-9-18)13(19)10-22-14-15-11-4-2-3-5-12(11)16-14/h11-12H,2-10H2,1H3,(H,15,16)/t11-,12+. The third-order valence-corrected chi connectivity index (χ3v) is 6.91. The van der Waals surface area contributed by atoms with Crippen LogP contribution in [-0.2, 0) is 14.8 Å². The fourth-order valence-electron chi connectivity index (χ4n) is 3.35. The fraction of sp³-hybridized carbons (Fsp3) is 0.857. The molecule has 0 spiro atoms. The van der Waals surface area contributed by atoms with E-state index in [2.05, 4.69) is 10.3 Å². The molecule has 1 saturated carbocycles. The molecule has 130 valence electrons. The molecular weight excluding hydrogens is 336 g/mol. The molecule has 0 unspecified atom stereocenters. The summed E-state index contributed by atoms with van der Waals surface area (Å²) in [5.41, 5.74) is 0. The first-order valence-corrected chi connectivity index (χ1v) is 11.0. The minimum atomic E-state index is -3.15. The molecule has 2 aliphatic heterocycles. The number of fused-ring (bicyclic) bond motifs is 1. The lowest BCUT2D eigenvalue weighted by Crippen LogP contribution is -2.50. The molecule has 1 amide bonds. The maximum absolute atomic E-state index is 12.3. The average molecular weight is 361 g/mol. The molecule has 0 bridgehead atoms. The van der Waals surface area contributed by atoms with Crippen LogP contribution in [0.5, 0.6) is 0 Å². The normalized spacial score (nSPS) is 28.9. The third-order valence-electron chi connectivity index (χ3n) is 4.71. The zero-order chi connectivity index (χ0) is 16.4. The quantitative estimate of drug-likeness (QED) is 0.772. The van der Waals surface area contributed by atoms with Crippen LogP contribution in [0.4, 0.5) is 0 Å². The molecule has 1 aliphatic carbocycles. The van der Waals surface area contributed by atoms with E-state index in [4.69, 9.17) is 0 Å². The van der Waals surface area contributed by atoms with Crippen LogP contribution in [0, 0.1) is 0 Å². The van der Waals surface area contributed by atoms with Gasteiger partial charge in [0.25, 0.3) is 0 Å². The number of nitrogens with one attached hydrogen (secondary N) is 1. The Morgan fingerprint density at radius 1 is 1.26 bits per heavy atom. The number of nitrogens with zero attached hydrogens (tertiary/aromatic N) is 3. The highest BCUT2D eigenvalue weighted by molar-refractivity contribution is 8.14. The molecule has 7 nitrogen and oxygen atoms in total. The predicted molar refractivity (Wildman–Crippen MR) is 92.1 cm³/mol. The molecule has 3 aliphatic rings. The summed E-state index contributed by atoms with van der Waals surface area (Å²) < 4.78 is 24.4. The molecule has 0 aromatic carbocycles. The number of aliphatic imine (C=N–C) groups is 1. The monoisotopic (exact) mass is 360 g/mol. The largest absolute Gasteiger partial charge is 0.360 e. The second-order valence-electron chi connectivity index (χ2n) is 6.37. The summed E-state index contributed by atoms with van der Waals surface area (Å²) in [6.07, 6.45) is 6.02. The van der Waals surface area contributed by atoms with E-state index in [1.807, 2.05) is 0 Å². The highest BCUT2D eigenvalue weighted by atomic mass is 32.2. The summed E-state index contributed by atoms with van der Waals surface area (Å²) in [5.74, 6) is 0.423. The van der Waals surface area contributed by atoms with E-state index >= 15 is 0 Å². The highest BCUT2D eigenvalue weighted by Gasteiger charge is 2.31. The molecule has 3 rings (SSSR count). The Morgan fingerprint density at radius 2 is 1.96 bits per heavy atom. The average Bonchev–Trinajstić information content (AvgIpc) is 2.95. The molecule has 1 N–H and O–H groups in total. The van der Waals surface area contributed by atoms with Crippen molar-refractivity contribution >= 4 is 32.9 Å². The van der Waals surface area contributed by atoms with E-state index in [0.717, 1.165) is 11.6 Å². The first kappa shape index (κ1) is 17.0. The van der Waals surface area contributed by atoms with Crippen molar-refractivity contribution in [2.45, 2.75) is 37.8 Å². The van der Waals surface area contributed by atoms with E-state index in [9.17, 15) is 13.2 Å². The summed E-state index contributed by atoms with van der Waals surface area (Å²) in [5, 5.41) is 4.33. The summed E-state index contributed by atoms with van der Waals surface area (Å²) >= 11 is 1.47. The van der Waals surface area contributed by atoms with Gasteiger partial charge in [0.15, 0.2) is 5.17 Å². The summed E-state index contributed by atoms with van der Waals surface area (Å²) in [4.78, 5) is 18.7. The Hall–Kier alpha value is -0.800. The van der Waals surface area contributed by atoms with Crippen molar-refractivity contribution in [3.63, 3.8) is 0 Å². The number of amides is 1. The van der Waals surface area contributed by atoms with Crippen LogP contribution in [0.15, 0.2) is 4.99 Å².